The van der Waals surface area contributed by atoms with E-state index in [4.69, 9.17) is 23.7 Å². The van der Waals surface area contributed by atoms with Crippen molar-refractivity contribution < 1.29 is 38.1 Å². The molecule has 2 aromatic carbocycles. The van der Waals surface area contributed by atoms with E-state index in [1.165, 1.54) is 37.4 Å². The molecule has 1 fully saturated rings. The third kappa shape index (κ3) is 10.0. The smallest absolute Gasteiger partial charge is 0.331 e. The van der Waals surface area contributed by atoms with Crippen LogP contribution in [0.3, 0.4) is 0 Å². The molecule has 2 heterocycles. The number of amides is 1. The van der Waals surface area contributed by atoms with E-state index in [1.807, 2.05) is 43.3 Å². The van der Waals surface area contributed by atoms with Gasteiger partial charge in [-0.1, -0.05) is 60.7 Å². The number of cyclic esters (lactones) is 1. The maximum atomic E-state index is 13.4. The minimum Gasteiger partial charge on any atom is -0.493 e. The van der Waals surface area contributed by atoms with E-state index < -0.39 is 36.8 Å². The SMILES string of the molecule is COc1ccnc(C(=O)N[C@H]2COC[C@H](CCCc3ccccc3)[C@@H](CCc3ccccc3)[C@H](C)OC2=O)c1OCOC(C)=O. The number of nitrogens with one attached hydrogen (secondary N) is 1. The Morgan fingerprint density at radius 2 is 1.64 bits per heavy atom. The van der Waals surface area contributed by atoms with Crippen molar-refractivity contribution >= 4 is 17.8 Å². The van der Waals surface area contributed by atoms with Crippen LogP contribution in [0, 0.1) is 11.8 Å². The van der Waals surface area contributed by atoms with Crippen molar-refractivity contribution in [3.8, 4) is 11.5 Å². The number of nitrogens with zero attached hydrogens (tertiary/aromatic N) is 1. The Morgan fingerprint density at radius 1 is 0.956 bits per heavy atom. The molecule has 45 heavy (non-hydrogen) atoms. The number of aryl methyl sites for hydroxylation is 2. The number of carbonyl (C=O) groups excluding carboxylic acids is 3. The van der Waals surface area contributed by atoms with Crippen molar-refractivity contribution in [2.24, 2.45) is 11.8 Å². The van der Waals surface area contributed by atoms with Crippen LogP contribution < -0.4 is 14.8 Å². The van der Waals surface area contributed by atoms with E-state index in [1.54, 1.807) is 0 Å². The van der Waals surface area contributed by atoms with Gasteiger partial charge in [0.2, 0.25) is 6.79 Å². The molecule has 1 aliphatic heterocycles. The number of esters is 2. The standard InChI is InChI=1S/C35H42N2O8/c1-24-29(18-17-27-13-8-5-9-14-27)28(16-10-15-26-11-6-4-7-12-26)21-42-22-30(35(40)45-24)37-34(39)32-33(44-23-43-25(2)38)31(41-3)19-20-36-32/h4-9,11-14,19-20,24,28-30H,10,15-18,21-23H2,1-3H3,(H,37,39)/t24-,28-,29-,30-/m0/s1. The molecule has 4 atom stereocenters. The zero-order valence-electron chi connectivity index (χ0n) is 26.1. The van der Waals surface area contributed by atoms with E-state index in [-0.39, 0.29) is 35.6 Å². The van der Waals surface area contributed by atoms with Gasteiger partial charge in [0.05, 0.1) is 13.7 Å². The molecule has 0 bridgehead atoms. The van der Waals surface area contributed by atoms with Crippen LogP contribution >= 0.6 is 0 Å². The average molecular weight is 619 g/mol. The third-order valence-electron chi connectivity index (χ3n) is 7.98. The third-order valence-corrected chi connectivity index (χ3v) is 7.98. The minimum absolute atomic E-state index is 0.0241. The number of benzene rings is 2. The van der Waals surface area contributed by atoms with Crippen LogP contribution in [-0.2, 0) is 36.6 Å². The highest BCUT2D eigenvalue weighted by molar-refractivity contribution is 5.98. The van der Waals surface area contributed by atoms with Gasteiger partial charge >= 0.3 is 11.9 Å². The molecular weight excluding hydrogens is 576 g/mol. The first kappa shape index (κ1) is 33.5. The van der Waals surface area contributed by atoms with Crippen molar-refractivity contribution in [1.29, 1.82) is 0 Å². The fourth-order valence-corrected chi connectivity index (χ4v) is 5.61. The van der Waals surface area contributed by atoms with Crippen LogP contribution in [0.4, 0.5) is 0 Å². The number of pyridine rings is 1. The number of methoxy groups -OCH3 is 1. The molecule has 1 N–H and O–H groups in total. The Labute approximate surface area is 264 Å². The largest absolute Gasteiger partial charge is 0.493 e. The maximum absolute atomic E-state index is 13.4. The van der Waals surface area contributed by atoms with Gasteiger partial charge in [0, 0.05) is 31.7 Å². The highest BCUT2D eigenvalue weighted by Gasteiger charge is 2.35. The second-order valence-electron chi connectivity index (χ2n) is 11.1. The summed E-state index contributed by atoms with van der Waals surface area (Å²) in [6.45, 7) is 3.08. The first-order valence-corrected chi connectivity index (χ1v) is 15.3. The lowest BCUT2D eigenvalue weighted by Crippen LogP contribution is -2.46. The lowest BCUT2D eigenvalue weighted by Gasteiger charge is -2.31. The average Bonchev–Trinajstić information content (AvgIpc) is 3.09. The zero-order chi connectivity index (χ0) is 32.0. The quantitative estimate of drug-likeness (QED) is 0.210. The van der Waals surface area contributed by atoms with Gasteiger partial charge in [0.25, 0.3) is 5.91 Å². The highest BCUT2D eigenvalue weighted by atomic mass is 16.7. The van der Waals surface area contributed by atoms with Crippen molar-refractivity contribution in [3.63, 3.8) is 0 Å². The Morgan fingerprint density at radius 3 is 2.31 bits per heavy atom. The second-order valence-corrected chi connectivity index (χ2v) is 11.1. The van der Waals surface area contributed by atoms with Crippen LogP contribution in [0.15, 0.2) is 72.9 Å². The van der Waals surface area contributed by atoms with E-state index in [9.17, 15) is 14.4 Å². The molecule has 1 aliphatic rings. The van der Waals surface area contributed by atoms with Gasteiger partial charge in [0.1, 0.15) is 6.10 Å². The molecule has 10 heteroatoms. The fourth-order valence-electron chi connectivity index (χ4n) is 5.61. The molecule has 0 aliphatic carbocycles. The predicted octanol–water partition coefficient (Wildman–Crippen LogP) is 4.94. The van der Waals surface area contributed by atoms with Gasteiger partial charge < -0.3 is 29.0 Å². The zero-order valence-corrected chi connectivity index (χ0v) is 26.1. The molecule has 3 aromatic rings. The van der Waals surface area contributed by atoms with Gasteiger partial charge in [0.15, 0.2) is 23.2 Å². The first-order chi connectivity index (χ1) is 21.9. The Kier molecular flexibility index (Phi) is 12.8. The van der Waals surface area contributed by atoms with Crippen LogP contribution in [0.1, 0.15) is 54.7 Å². The molecule has 10 nitrogen and oxygen atoms in total. The molecule has 1 saturated heterocycles. The van der Waals surface area contributed by atoms with E-state index >= 15 is 0 Å². The van der Waals surface area contributed by atoms with Gasteiger partial charge in [-0.3, -0.25) is 9.59 Å². The predicted molar refractivity (Wildman–Crippen MR) is 167 cm³/mol. The topological polar surface area (TPSA) is 122 Å². The number of carbonyl (C=O) groups is 3. The van der Waals surface area contributed by atoms with Crippen molar-refractivity contribution in [2.75, 3.05) is 27.1 Å². The number of ether oxygens (including phenoxy) is 5. The van der Waals surface area contributed by atoms with E-state index in [2.05, 4.69) is 34.6 Å². The van der Waals surface area contributed by atoms with Crippen LogP contribution in [-0.4, -0.2) is 62.1 Å². The molecule has 0 unspecified atom stereocenters. The summed E-state index contributed by atoms with van der Waals surface area (Å²) in [4.78, 5) is 42.2. The Balaban J connectivity index is 1.48. The summed E-state index contributed by atoms with van der Waals surface area (Å²) in [6.07, 6.45) is 5.48. The summed E-state index contributed by atoms with van der Waals surface area (Å²) in [7, 11) is 1.41. The maximum Gasteiger partial charge on any atom is 0.331 e. The molecular formula is C35H42N2O8. The lowest BCUT2D eigenvalue weighted by atomic mass is 9.80. The van der Waals surface area contributed by atoms with Gasteiger partial charge in [-0.25, -0.2) is 9.78 Å². The number of hydrogen-bond donors (Lipinski definition) is 1. The van der Waals surface area contributed by atoms with Gasteiger partial charge in [-0.05, 0) is 56.1 Å². The first-order valence-electron chi connectivity index (χ1n) is 15.3. The molecule has 0 saturated carbocycles. The van der Waals surface area contributed by atoms with Crippen LogP contribution in [0.2, 0.25) is 0 Å². The molecule has 0 spiro atoms. The Bertz CT molecular complexity index is 1380. The highest BCUT2D eigenvalue weighted by Crippen LogP contribution is 2.32. The van der Waals surface area contributed by atoms with Crippen molar-refractivity contribution in [2.45, 2.75) is 58.1 Å². The van der Waals surface area contributed by atoms with Crippen LogP contribution in [0.25, 0.3) is 0 Å². The number of aromatic nitrogens is 1. The molecule has 1 aromatic heterocycles. The van der Waals surface area contributed by atoms with E-state index in [0.717, 1.165) is 32.1 Å². The summed E-state index contributed by atoms with van der Waals surface area (Å²) in [5.74, 6) is -1.44. The summed E-state index contributed by atoms with van der Waals surface area (Å²) in [5, 5.41) is 2.70. The fraction of sp³-hybridized carbons (Fsp3) is 0.429. The number of hydrogen-bond acceptors (Lipinski definition) is 9. The summed E-state index contributed by atoms with van der Waals surface area (Å²) >= 11 is 0. The molecule has 1 amide bonds. The summed E-state index contributed by atoms with van der Waals surface area (Å²) in [5.41, 5.74) is 2.37. The van der Waals surface area contributed by atoms with Gasteiger partial charge in [-0.15, -0.1) is 0 Å². The Hall–Kier alpha value is -4.44. The monoisotopic (exact) mass is 618 g/mol. The molecule has 0 radical (unpaired) electrons. The van der Waals surface area contributed by atoms with Gasteiger partial charge in [-0.2, -0.15) is 0 Å². The van der Waals surface area contributed by atoms with E-state index in [0.29, 0.717) is 6.61 Å². The lowest BCUT2D eigenvalue weighted by molar-refractivity contribution is -0.154. The molecule has 4 rings (SSSR count). The van der Waals surface area contributed by atoms with Crippen LogP contribution in [0.5, 0.6) is 11.5 Å². The molecule has 240 valence electrons. The second kappa shape index (κ2) is 17.2. The van der Waals surface area contributed by atoms with Crippen molar-refractivity contribution in [3.05, 3.63) is 89.7 Å². The summed E-state index contributed by atoms with van der Waals surface area (Å²) < 4.78 is 27.8. The number of rotatable bonds is 13. The normalized spacial score (nSPS) is 20.1. The summed E-state index contributed by atoms with van der Waals surface area (Å²) in [6, 6.07) is 21.1. The minimum atomic E-state index is -1.08. The van der Waals surface area contributed by atoms with Crippen molar-refractivity contribution in [1.82, 2.24) is 10.3 Å².